The molecule has 0 saturated heterocycles. The van der Waals surface area contributed by atoms with E-state index in [0.717, 1.165) is 19.4 Å². The third kappa shape index (κ3) is 17.0. The summed E-state index contributed by atoms with van der Waals surface area (Å²) >= 11 is 0. The Hall–Kier alpha value is -0.206. The summed E-state index contributed by atoms with van der Waals surface area (Å²) in [6, 6.07) is 0. The van der Waals surface area contributed by atoms with Gasteiger partial charge >= 0.3 is 17.1 Å². The number of hydrogen-bond acceptors (Lipinski definition) is 3. The molecule has 0 aliphatic rings. The van der Waals surface area contributed by atoms with Crippen molar-refractivity contribution < 1.29 is 13.0 Å². The standard InChI is InChI=1S/C26H54O3Si2/c1-9-12-13-14-15-16-17-18-19-20-21-22-23-27-30(7,10-2)29-31(8,11-3)28-26(6)24-25(4)5/h10-11,25-26H,2-3,9,12-24H2,1,4-8H3. The highest BCUT2D eigenvalue weighted by Gasteiger charge is 2.40. The topological polar surface area (TPSA) is 27.7 Å². The minimum atomic E-state index is -2.49. The second-order valence-electron chi connectivity index (χ2n) is 9.84. The number of rotatable bonds is 22. The van der Waals surface area contributed by atoms with Crippen LogP contribution < -0.4 is 0 Å². The van der Waals surface area contributed by atoms with Gasteiger partial charge < -0.3 is 13.0 Å². The van der Waals surface area contributed by atoms with Crippen LogP contribution in [-0.2, 0) is 13.0 Å². The van der Waals surface area contributed by atoms with Gasteiger partial charge in [-0.15, -0.1) is 13.2 Å². The predicted molar refractivity (Wildman–Crippen MR) is 142 cm³/mol. The summed E-state index contributed by atoms with van der Waals surface area (Å²) in [6.45, 7) is 21.7. The minimum absolute atomic E-state index is 0.161. The lowest BCUT2D eigenvalue weighted by molar-refractivity contribution is 0.139. The first kappa shape index (κ1) is 30.8. The van der Waals surface area contributed by atoms with Crippen molar-refractivity contribution in [3.8, 4) is 0 Å². The summed E-state index contributed by atoms with van der Waals surface area (Å²) in [6.07, 6.45) is 17.4. The summed E-state index contributed by atoms with van der Waals surface area (Å²) in [5.41, 5.74) is 3.77. The van der Waals surface area contributed by atoms with Crippen LogP contribution in [0, 0.1) is 5.92 Å². The van der Waals surface area contributed by atoms with Gasteiger partial charge in [-0.25, -0.2) is 0 Å². The maximum absolute atomic E-state index is 6.48. The van der Waals surface area contributed by atoms with Crippen molar-refractivity contribution in [3.63, 3.8) is 0 Å². The van der Waals surface area contributed by atoms with E-state index in [1.165, 1.54) is 70.6 Å². The zero-order valence-electron chi connectivity index (χ0n) is 21.8. The third-order valence-corrected chi connectivity index (χ3v) is 12.1. The highest BCUT2D eigenvalue weighted by Crippen LogP contribution is 2.23. The Bertz CT molecular complexity index is 458. The van der Waals surface area contributed by atoms with Crippen LogP contribution in [0.4, 0.5) is 0 Å². The maximum Gasteiger partial charge on any atom is 0.352 e. The first-order chi connectivity index (χ1) is 14.7. The molecule has 0 aromatic carbocycles. The Morgan fingerprint density at radius 1 is 0.710 bits per heavy atom. The molecule has 0 saturated carbocycles. The third-order valence-electron chi connectivity index (χ3n) is 5.77. The lowest BCUT2D eigenvalue weighted by atomic mass is 10.1. The van der Waals surface area contributed by atoms with Gasteiger partial charge in [0.05, 0.1) is 0 Å². The molecule has 0 rings (SSSR count). The first-order valence-electron chi connectivity index (χ1n) is 13.0. The fourth-order valence-corrected chi connectivity index (χ4v) is 9.95. The van der Waals surface area contributed by atoms with E-state index >= 15 is 0 Å². The van der Waals surface area contributed by atoms with Gasteiger partial charge in [-0.2, -0.15) is 0 Å². The Labute approximate surface area is 197 Å². The molecule has 0 radical (unpaired) electrons. The second kappa shape index (κ2) is 18.2. The summed E-state index contributed by atoms with van der Waals surface area (Å²) in [5.74, 6) is 0.600. The normalized spacial score (nSPS) is 16.6. The fraction of sp³-hybridized carbons (Fsp3) is 0.846. The fourth-order valence-electron chi connectivity index (χ4n) is 3.98. The first-order valence-corrected chi connectivity index (χ1v) is 17.8. The largest absolute Gasteiger partial charge is 0.409 e. The Balaban J connectivity index is 4.04. The minimum Gasteiger partial charge on any atom is -0.409 e. The SMILES string of the molecule is C=C[Si](C)(OCCCCCCCCCCCCCC)O[Si](C)(C=C)OC(C)CC(C)C. The van der Waals surface area contributed by atoms with E-state index in [2.05, 4.69) is 53.9 Å². The zero-order chi connectivity index (χ0) is 23.6. The molecule has 0 amide bonds. The molecule has 3 unspecified atom stereocenters. The summed E-state index contributed by atoms with van der Waals surface area (Å²) in [7, 11) is -4.94. The van der Waals surface area contributed by atoms with Crippen LogP contribution in [0.25, 0.3) is 0 Å². The van der Waals surface area contributed by atoms with Crippen molar-refractivity contribution >= 4 is 17.1 Å². The van der Waals surface area contributed by atoms with Crippen molar-refractivity contribution in [2.45, 2.75) is 130 Å². The highest BCUT2D eigenvalue weighted by atomic mass is 28.5. The molecule has 184 valence electrons. The molecule has 0 heterocycles. The molecule has 0 aliphatic heterocycles. The molecule has 0 N–H and O–H groups in total. The van der Waals surface area contributed by atoms with Crippen LogP contribution in [0.1, 0.15) is 111 Å². The van der Waals surface area contributed by atoms with Crippen molar-refractivity contribution in [1.29, 1.82) is 0 Å². The summed E-state index contributed by atoms with van der Waals surface area (Å²) in [5, 5.41) is 0. The highest BCUT2D eigenvalue weighted by molar-refractivity contribution is 6.84. The van der Waals surface area contributed by atoms with Crippen LogP contribution in [-0.4, -0.2) is 29.8 Å². The van der Waals surface area contributed by atoms with Crippen molar-refractivity contribution in [2.75, 3.05) is 6.61 Å². The summed E-state index contributed by atoms with van der Waals surface area (Å²) in [4.78, 5) is 0. The van der Waals surface area contributed by atoms with Crippen LogP contribution >= 0.6 is 0 Å². The second-order valence-corrected chi connectivity index (χ2v) is 16.1. The maximum atomic E-state index is 6.48. The molecule has 0 aromatic heterocycles. The van der Waals surface area contributed by atoms with E-state index in [0.29, 0.717) is 5.92 Å². The van der Waals surface area contributed by atoms with Crippen LogP contribution in [0.3, 0.4) is 0 Å². The molecule has 0 spiro atoms. The molecule has 0 aromatic rings. The molecular weight excluding hydrogens is 416 g/mol. The molecule has 0 aliphatic carbocycles. The van der Waals surface area contributed by atoms with Crippen molar-refractivity contribution in [3.05, 3.63) is 24.6 Å². The van der Waals surface area contributed by atoms with Gasteiger partial charge in [-0.05, 0) is 38.8 Å². The lowest BCUT2D eigenvalue weighted by Gasteiger charge is -2.35. The average Bonchev–Trinajstić information content (AvgIpc) is 2.70. The van der Waals surface area contributed by atoms with E-state index in [4.69, 9.17) is 13.0 Å². The Morgan fingerprint density at radius 3 is 1.58 bits per heavy atom. The molecule has 3 nitrogen and oxygen atoms in total. The van der Waals surface area contributed by atoms with Gasteiger partial charge in [-0.1, -0.05) is 103 Å². The molecule has 0 fully saturated rings. The van der Waals surface area contributed by atoms with E-state index < -0.39 is 17.1 Å². The quantitative estimate of drug-likeness (QED) is 0.117. The van der Waals surface area contributed by atoms with Gasteiger partial charge in [0.2, 0.25) is 0 Å². The monoisotopic (exact) mass is 470 g/mol. The van der Waals surface area contributed by atoms with Gasteiger partial charge in [0, 0.05) is 12.7 Å². The van der Waals surface area contributed by atoms with E-state index in [1.54, 1.807) is 0 Å². The van der Waals surface area contributed by atoms with Crippen LogP contribution in [0.2, 0.25) is 13.1 Å². The molecule has 3 atom stereocenters. The van der Waals surface area contributed by atoms with Crippen LogP contribution in [0.15, 0.2) is 24.6 Å². The van der Waals surface area contributed by atoms with Gasteiger partial charge in [0.25, 0.3) is 0 Å². The molecule has 0 bridgehead atoms. The van der Waals surface area contributed by atoms with Gasteiger partial charge in [0.15, 0.2) is 0 Å². The van der Waals surface area contributed by atoms with Gasteiger partial charge in [0.1, 0.15) is 0 Å². The number of hydrogen-bond donors (Lipinski definition) is 0. The average molecular weight is 471 g/mol. The molecule has 5 heteroatoms. The Kier molecular flexibility index (Phi) is 18.1. The number of unbranched alkanes of at least 4 members (excludes halogenated alkanes) is 11. The van der Waals surface area contributed by atoms with E-state index in [1.807, 2.05) is 11.4 Å². The molecule has 31 heavy (non-hydrogen) atoms. The van der Waals surface area contributed by atoms with Crippen molar-refractivity contribution in [2.24, 2.45) is 5.92 Å². The zero-order valence-corrected chi connectivity index (χ0v) is 23.8. The molecular formula is C26H54O3Si2. The smallest absolute Gasteiger partial charge is 0.352 e. The summed E-state index contributed by atoms with van der Waals surface area (Å²) < 4.78 is 19.0. The lowest BCUT2D eigenvalue weighted by Crippen LogP contribution is -2.51. The van der Waals surface area contributed by atoms with E-state index in [-0.39, 0.29) is 6.10 Å². The van der Waals surface area contributed by atoms with Crippen molar-refractivity contribution in [1.82, 2.24) is 0 Å². The van der Waals surface area contributed by atoms with Crippen LogP contribution in [0.5, 0.6) is 0 Å². The van der Waals surface area contributed by atoms with E-state index in [9.17, 15) is 0 Å². The predicted octanol–water partition coefficient (Wildman–Crippen LogP) is 8.77. The Morgan fingerprint density at radius 2 is 1.16 bits per heavy atom. The van der Waals surface area contributed by atoms with Gasteiger partial charge in [-0.3, -0.25) is 0 Å².